The van der Waals surface area contributed by atoms with Crippen molar-refractivity contribution in [3.05, 3.63) is 74.6 Å². The van der Waals surface area contributed by atoms with Gasteiger partial charge in [-0.3, -0.25) is 9.59 Å². The fourth-order valence-electron chi connectivity index (χ4n) is 4.04. The molecule has 3 rings (SSSR count). The summed E-state index contributed by atoms with van der Waals surface area (Å²) in [5.74, 6) is -2.02. The first kappa shape index (κ1) is 27.7. The van der Waals surface area contributed by atoms with Crippen molar-refractivity contribution in [1.82, 2.24) is 10.6 Å². The Morgan fingerprint density at radius 3 is 2.43 bits per heavy atom. The average Bonchev–Trinajstić information content (AvgIpc) is 2.86. The van der Waals surface area contributed by atoms with Crippen LogP contribution >= 0.6 is 11.6 Å². The first-order valence-corrected chi connectivity index (χ1v) is 12.2. The maximum atomic E-state index is 12.9. The summed E-state index contributed by atoms with van der Waals surface area (Å²) in [6, 6.07) is 9.89. The Bertz CT molecular complexity index is 1350. The van der Waals surface area contributed by atoms with Gasteiger partial charge in [0.1, 0.15) is 23.4 Å². The fourth-order valence-corrected chi connectivity index (χ4v) is 4.28. The number of halogens is 1. The number of aliphatic carboxylic acids is 1. The van der Waals surface area contributed by atoms with Crippen LogP contribution in [0, 0.1) is 6.92 Å². The van der Waals surface area contributed by atoms with Crippen LogP contribution in [0.15, 0.2) is 51.7 Å². The number of hydrogen-bond acceptors (Lipinski definition) is 6. The Morgan fingerprint density at radius 2 is 1.81 bits per heavy atom. The third-order valence-corrected chi connectivity index (χ3v) is 6.32. The molecule has 0 spiro atoms. The second-order valence-electron chi connectivity index (χ2n) is 8.65. The Morgan fingerprint density at radius 1 is 1.11 bits per heavy atom. The molecule has 9 nitrogen and oxygen atoms in total. The molecule has 0 saturated heterocycles. The molecule has 0 bridgehead atoms. The standard InChI is InChI=1S/C27H29ClN2O7/c1-4-8-20(25(32)30-21(26(33)34)11-16-9-6-5-7-10-16)29-24(31)13-18-15(2)17-12-19(28)23(36-3)14-22(17)37-27(18)35/h5-7,9-10,12,14,20-21H,4,8,11,13H2,1-3H3,(H,29,31)(H,30,32)(H,33,34). The molecule has 1 heterocycles. The number of nitrogens with one attached hydrogen (secondary N) is 2. The molecule has 2 atom stereocenters. The quantitative estimate of drug-likeness (QED) is 0.324. The predicted molar refractivity (Wildman–Crippen MR) is 139 cm³/mol. The van der Waals surface area contributed by atoms with Crippen LogP contribution in [0.1, 0.15) is 36.5 Å². The van der Waals surface area contributed by atoms with E-state index in [0.29, 0.717) is 28.1 Å². The van der Waals surface area contributed by atoms with Gasteiger partial charge in [0.15, 0.2) is 0 Å². The zero-order valence-corrected chi connectivity index (χ0v) is 21.6. The van der Waals surface area contributed by atoms with E-state index in [-0.39, 0.29) is 30.4 Å². The molecule has 0 saturated carbocycles. The van der Waals surface area contributed by atoms with Gasteiger partial charge in [-0.2, -0.15) is 0 Å². The van der Waals surface area contributed by atoms with E-state index in [4.69, 9.17) is 20.8 Å². The van der Waals surface area contributed by atoms with E-state index in [9.17, 15) is 24.3 Å². The highest BCUT2D eigenvalue weighted by molar-refractivity contribution is 6.32. The van der Waals surface area contributed by atoms with E-state index in [1.165, 1.54) is 13.2 Å². The van der Waals surface area contributed by atoms with Gasteiger partial charge in [0.05, 0.1) is 24.1 Å². The van der Waals surface area contributed by atoms with Crippen LogP contribution in [-0.2, 0) is 27.2 Å². The van der Waals surface area contributed by atoms with E-state index in [2.05, 4.69) is 10.6 Å². The lowest BCUT2D eigenvalue weighted by molar-refractivity contribution is -0.142. The van der Waals surface area contributed by atoms with E-state index in [1.807, 2.05) is 13.0 Å². The lowest BCUT2D eigenvalue weighted by Gasteiger charge is -2.21. The second-order valence-corrected chi connectivity index (χ2v) is 9.06. The van der Waals surface area contributed by atoms with Crippen molar-refractivity contribution in [2.75, 3.05) is 7.11 Å². The lowest BCUT2D eigenvalue weighted by Crippen LogP contribution is -2.52. The minimum Gasteiger partial charge on any atom is -0.495 e. The highest BCUT2D eigenvalue weighted by Gasteiger charge is 2.27. The normalized spacial score (nSPS) is 12.5. The molecule has 2 amide bonds. The van der Waals surface area contributed by atoms with Crippen LogP contribution in [-0.4, -0.2) is 42.1 Å². The molecular formula is C27H29ClN2O7. The van der Waals surface area contributed by atoms with Crippen LogP contribution in [0.2, 0.25) is 5.02 Å². The molecule has 3 aromatic rings. The van der Waals surface area contributed by atoms with Crippen LogP contribution in [0.3, 0.4) is 0 Å². The topological polar surface area (TPSA) is 135 Å². The van der Waals surface area contributed by atoms with Gasteiger partial charge in [0.25, 0.3) is 0 Å². The van der Waals surface area contributed by atoms with E-state index >= 15 is 0 Å². The molecule has 2 aromatic carbocycles. The van der Waals surface area contributed by atoms with Gasteiger partial charge in [-0.25, -0.2) is 9.59 Å². The molecule has 196 valence electrons. The molecule has 3 N–H and O–H groups in total. The Balaban J connectivity index is 1.76. The smallest absolute Gasteiger partial charge is 0.340 e. The van der Waals surface area contributed by atoms with Crippen molar-refractivity contribution in [2.24, 2.45) is 0 Å². The monoisotopic (exact) mass is 528 g/mol. The lowest BCUT2D eigenvalue weighted by atomic mass is 10.0. The Labute approximate surface area is 218 Å². The van der Waals surface area contributed by atoms with Crippen LogP contribution in [0.5, 0.6) is 5.75 Å². The molecule has 0 fully saturated rings. The number of ether oxygens (including phenoxy) is 1. The number of hydrogen-bond donors (Lipinski definition) is 3. The van der Waals surface area contributed by atoms with E-state index in [1.54, 1.807) is 37.3 Å². The predicted octanol–water partition coefficient (Wildman–Crippen LogP) is 3.40. The summed E-state index contributed by atoms with van der Waals surface area (Å²) in [4.78, 5) is 50.2. The summed E-state index contributed by atoms with van der Waals surface area (Å²) in [5, 5.41) is 15.6. The van der Waals surface area contributed by atoms with Gasteiger partial charge in [0.2, 0.25) is 11.8 Å². The van der Waals surface area contributed by atoms with Crippen LogP contribution in [0.4, 0.5) is 0 Å². The maximum Gasteiger partial charge on any atom is 0.340 e. The molecule has 0 aliphatic heterocycles. The summed E-state index contributed by atoms with van der Waals surface area (Å²) in [6.07, 6.45) is 0.620. The van der Waals surface area contributed by atoms with Gasteiger partial charge in [-0.05, 0) is 30.5 Å². The molecule has 2 unspecified atom stereocenters. The highest BCUT2D eigenvalue weighted by atomic mass is 35.5. The number of carboxylic acid groups (broad SMARTS) is 1. The summed E-state index contributed by atoms with van der Waals surface area (Å²) >= 11 is 6.22. The summed E-state index contributed by atoms with van der Waals surface area (Å²) < 4.78 is 10.5. The fraction of sp³-hybridized carbons (Fsp3) is 0.333. The molecule has 0 aliphatic rings. The number of carbonyl (C=O) groups is 3. The van der Waals surface area contributed by atoms with Gasteiger partial charge in [-0.15, -0.1) is 0 Å². The number of carbonyl (C=O) groups excluding carboxylic acids is 2. The minimum absolute atomic E-state index is 0.0966. The molecule has 10 heteroatoms. The van der Waals surface area contributed by atoms with Gasteiger partial charge < -0.3 is 24.9 Å². The van der Waals surface area contributed by atoms with Gasteiger partial charge in [-0.1, -0.05) is 55.3 Å². The zero-order valence-electron chi connectivity index (χ0n) is 20.8. The number of amides is 2. The van der Waals surface area contributed by atoms with Crippen molar-refractivity contribution in [3.63, 3.8) is 0 Å². The third-order valence-electron chi connectivity index (χ3n) is 6.02. The number of methoxy groups -OCH3 is 1. The molecule has 0 aliphatic carbocycles. The number of benzene rings is 2. The Kier molecular flexibility index (Phi) is 9.30. The summed E-state index contributed by atoms with van der Waals surface area (Å²) in [7, 11) is 1.44. The van der Waals surface area contributed by atoms with Crippen LogP contribution < -0.4 is 21.0 Å². The van der Waals surface area contributed by atoms with Crippen molar-refractivity contribution in [3.8, 4) is 5.75 Å². The SMILES string of the molecule is CCCC(NC(=O)Cc1c(C)c2cc(Cl)c(OC)cc2oc1=O)C(=O)NC(Cc1ccccc1)C(=O)O. The van der Waals surface area contributed by atoms with Crippen molar-refractivity contribution >= 4 is 40.4 Å². The van der Waals surface area contributed by atoms with Gasteiger partial charge >= 0.3 is 11.6 Å². The molecular weight excluding hydrogens is 500 g/mol. The van der Waals surface area contributed by atoms with Gasteiger partial charge in [0, 0.05) is 17.9 Å². The number of rotatable bonds is 11. The number of fused-ring (bicyclic) bond motifs is 1. The molecule has 1 aromatic heterocycles. The molecule has 0 radical (unpaired) electrons. The zero-order chi connectivity index (χ0) is 27.1. The first-order valence-electron chi connectivity index (χ1n) is 11.8. The number of carboxylic acids is 1. The average molecular weight is 529 g/mol. The second kappa shape index (κ2) is 12.4. The molecule has 37 heavy (non-hydrogen) atoms. The first-order chi connectivity index (χ1) is 17.6. The number of aryl methyl sites for hydroxylation is 1. The van der Waals surface area contributed by atoms with Crippen molar-refractivity contribution < 1.29 is 28.6 Å². The minimum atomic E-state index is -1.18. The van der Waals surface area contributed by atoms with E-state index in [0.717, 1.165) is 5.56 Å². The maximum absolute atomic E-state index is 12.9. The largest absolute Gasteiger partial charge is 0.495 e. The summed E-state index contributed by atoms with van der Waals surface area (Å²) in [6.45, 7) is 3.52. The van der Waals surface area contributed by atoms with Crippen molar-refractivity contribution in [2.45, 2.75) is 51.6 Å². The Hall–Kier alpha value is -3.85. The highest BCUT2D eigenvalue weighted by Crippen LogP contribution is 2.31. The summed E-state index contributed by atoms with van der Waals surface area (Å²) in [5.41, 5.74) is 0.997. The third kappa shape index (κ3) is 6.89. The van der Waals surface area contributed by atoms with Crippen molar-refractivity contribution in [1.29, 1.82) is 0 Å². The van der Waals surface area contributed by atoms with E-state index < -0.39 is 35.5 Å². The van der Waals surface area contributed by atoms with Crippen LogP contribution in [0.25, 0.3) is 11.0 Å².